The third-order valence-corrected chi connectivity index (χ3v) is 3.32. The quantitative estimate of drug-likeness (QED) is 0.398. The highest BCUT2D eigenvalue weighted by Crippen LogP contribution is 2.23. The van der Waals surface area contributed by atoms with E-state index < -0.39 is 0 Å². The van der Waals surface area contributed by atoms with Gasteiger partial charge in [-0.05, 0) is 24.7 Å². The average Bonchev–Trinajstić information content (AvgIpc) is 2.15. The van der Waals surface area contributed by atoms with Crippen molar-refractivity contribution in [3.8, 4) is 0 Å². The molecule has 0 amide bonds. The second-order valence-corrected chi connectivity index (χ2v) is 4.60. The summed E-state index contributed by atoms with van der Waals surface area (Å²) < 4.78 is 0. The lowest BCUT2D eigenvalue weighted by atomic mass is 9.88. The maximum Gasteiger partial charge on any atom is 0.139 e. The molecule has 0 aromatic heterocycles. The first-order valence-electron chi connectivity index (χ1n) is 5.15. The number of hydrogen-bond donors (Lipinski definition) is 1. The van der Waals surface area contributed by atoms with Crippen LogP contribution in [0, 0.1) is 0 Å². The molecule has 0 fully saturated rings. The Labute approximate surface area is 84.3 Å². The van der Waals surface area contributed by atoms with Crippen molar-refractivity contribution in [3.63, 3.8) is 0 Å². The summed E-state index contributed by atoms with van der Waals surface area (Å²) in [6.07, 6.45) is 6.18. The van der Waals surface area contributed by atoms with E-state index in [0.29, 0.717) is 0 Å². The van der Waals surface area contributed by atoms with Crippen LogP contribution in [0.25, 0.3) is 0 Å². The molecule has 1 atom stereocenters. The van der Waals surface area contributed by atoms with Gasteiger partial charge in [0.1, 0.15) is 7.85 Å². The van der Waals surface area contributed by atoms with Crippen LogP contribution in [0.2, 0.25) is 0 Å². The highest BCUT2D eigenvalue weighted by atomic mass is 31.1. The summed E-state index contributed by atoms with van der Waals surface area (Å²) >= 11 is 0. The molecule has 0 aliphatic carbocycles. The van der Waals surface area contributed by atoms with E-state index in [-0.39, 0.29) is 0 Å². The zero-order valence-electron chi connectivity index (χ0n) is 8.69. The van der Waals surface area contributed by atoms with Crippen LogP contribution in [-0.4, -0.2) is 27.1 Å². The Morgan fingerprint density at radius 1 is 1.62 bits per heavy atom. The van der Waals surface area contributed by atoms with Crippen LogP contribution >= 0.6 is 8.58 Å². The Kier molecular flexibility index (Phi) is 5.42. The number of nitrogens with one attached hydrogen (secondary N) is 1. The van der Waals surface area contributed by atoms with Crippen molar-refractivity contribution in [2.75, 3.05) is 19.3 Å². The third kappa shape index (κ3) is 4.11. The summed E-state index contributed by atoms with van der Waals surface area (Å²) in [5, 5.41) is 3.48. The molecule has 1 nitrogen and oxygen atoms in total. The van der Waals surface area contributed by atoms with E-state index in [9.17, 15) is 0 Å². The van der Waals surface area contributed by atoms with Crippen molar-refractivity contribution in [1.82, 2.24) is 5.32 Å². The second kappa shape index (κ2) is 6.40. The number of unbranched alkanes of at least 4 members (excludes halogenated alkanes) is 1. The van der Waals surface area contributed by atoms with Gasteiger partial charge in [-0.1, -0.05) is 39.3 Å². The molecule has 0 spiro atoms. The molecule has 0 aromatic rings. The molecule has 1 aliphatic rings. The minimum Gasteiger partial charge on any atom is -0.313 e. The molecule has 0 saturated carbocycles. The van der Waals surface area contributed by atoms with Gasteiger partial charge in [0.25, 0.3) is 0 Å². The molecule has 72 valence electrons. The Morgan fingerprint density at radius 2 is 2.46 bits per heavy atom. The molecule has 13 heavy (non-hydrogen) atoms. The maximum atomic E-state index is 3.48. The molecular weight excluding hydrogens is 176 g/mol. The van der Waals surface area contributed by atoms with E-state index in [1.54, 1.807) is 0 Å². The molecular formula is C10H19BNP. The molecule has 3 heteroatoms. The van der Waals surface area contributed by atoms with Gasteiger partial charge in [-0.2, -0.15) is 0 Å². The number of rotatable bonds is 5. The number of allylic oxidation sites excluding steroid dienone is 1. The summed E-state index contributed by atoms with van der Waals surface area (Å²) in [5.74, 6) is 2.40. The Morgan fingerprint density at radius 3 is 3.15 bits per heavy atom. The van der Waals surface area contributed by atoms with Crippen LogP contribution in [0.4, 0.5) is 0 Å². The van der Waals surface area contributed by atoms with Gasteiger partial charge in [-0.15, -0.1) is 0 Å². The highest BCUT2D eigenvalue weighted by Gasteiger charge is 2.02. The van der Waals surface area contributed by atoms with E-state index in [1.165, 1.54) is 30.0 Å². The van der Waals surface area contributed by atoms with Crippen LogP contribution < -0.4 is 5.32 Å². The van der Waals surface area contributed by atoms with Gasteiger partial charge in [0.2, 0.25) is 0 Å². The molecule has 1 heterocycles. The topological polar surface area (TPSA) is 12.0 Å². The lowest BCUT2D eigenvalue weighted by Crippen LogP contribution is -2.19. The zero-order valence-corrected chi connectivity index (χ0v) is 9.69. The van der Waals surface area contributed by atoms with E-state index in [1.807, 2.05) is 0 Å². The highest BCUT2D eigenvalue weighted by molar-refractivity contribution is 7.42. The lowest BCUT2D eigenvalue weighted by molar-refractivity contribution is 0.674. The van der Waals surface area contributed by atoms with Gasteiger partial charge in [0, 0.05) is 6.54 Å². The van der Waals surface area contributed by atoms with Crippen LogP contribution in [0.15, 0.2) is 22.9 Å². The number of hydrogen-bond acceptors (Lipinski definition) is 1. The fraction of sp³-hybridized carbons (Fsp3) is 0.600. The van der Waals surface area contributed by atoms with Crippen molar-refractivity contribution in [2.45, 2.75) is 19.8 Å². The Balaban J connectivity index is 2.20. The van der Waals surface area contributed by atoms with E-state index >= 15 is 0 Å². The third-order valence-electron chi connectivity index (χ3n) is 2.33. The summed E-state index contributed by atoms with van der Waals surface area (Å²) in [6.45, 7) is 4.45. The second-order valence-electron chi connectivity index (χ2n) is 3.50. The SMILES string of the molecule is BC1=CCPC=C1CNCCCC. The predicted octanol–water partition coefficient (Wildman–Crippen LogP) is 1.47. The molecule has 0 saturated heterocycles. The van der Waals surface area contributed by atoms with E-state index in [2.05, 4.69) is 32.0 Å². The minimum atomic E-state index is 1.00. The van der Waals surface area contributed by atoms with Crippen LogP contribution in [0.3, 0.4) is 0 Å². The van der Waals surface area contributed by atoms with Crippen LogP contribution in [-0.2, 0) is 0 Å². The lowest BCUT2D eigenvalue weighted by Gasteiger charge is -2.13. The molecule has 1 N–H and O–H groups in total. The van der Waals surface area contributed by atoms with Gasteiger partial charge in [0.05, 0.1) is 0 Å². The molecule has 0 bridgehead atoms. The van der Waals surface area contributed by atoms with Crippen molar-refractivity contribution in [1.29, 1.82) is 0 Å². The minimum absolute atomic E-state index is 1.00. The standard InChI is InChI=1S/C10H19BNP/c1-2-3-5-12-7-9-8-13-6-4-10(9)11/h4,8,12-13H,2-3,5-7,11H2,1H3. The molecule has 1 rings (SSSR count). The van der Waals surface area contributed by atoms with Crippen molar-refractivity contribution in [3.05, 3.63) is 22.9 Å². The normalized spacial score (nSPS) is 18.5. The fourth-order valence-electron chi connectivity index (χ4n) is 1.35. The first-order valence-corrected chi connectivity index (χ1v) is 6.43. The Bertz CT molecular complexity index is 211. The maximum absolute atomic E-state index is 3.48. The smallest absolute Gasteiger partial charge is 0.139 e. The van der Waals surface area contributed by atoms with E-state index in [0.717, 1.165) is 21.7 Å². The summed E-state index contributed by atoms with van der Waals surface area (Å²) in [4.78, 5) is 0. The Hall–Kier alpha value is -0.0651. The van der Waals surface area contributed by atoms with E-state index in [4.69, 9.17) is 0 Å². The van der Waals surface area contributed by atoms with Crippen molar-refractivity contribution in [2.24, 2.45) is 0 Å². The van der Waals surface area contributed by atoms with Gasteiger partial charge in [-0.3, -0.25) is 0 Å². The van der Waals surface area contributed by atoms with Crippen molar-refractivity contribution < 1.29 is 0 Å². The molecule has 1 aliphatic heterocycles. The fourth-order valence-corrected chi connectivity index (χ4v) is 2.47. The molecule has 1 unspecified atom stereocenters. The summed E-state index contributed by atoms with van der Waals surface area (Å²) in [6, 6.07) is 0. The monoisotopic (exact) mass is 195 g/mol. The van der Waals surface area contributed by atoms with Crippen LogP contribution in [0.1, 0.15) is 19.8 Å². The van der Waals surface area contributed by atoms with Gasteiger partial charge in [-0.25, -0.2) is 0 Å². The van der Waals surface area contributed by atoms with Gasteiger partial charge >= 0.3 is 0 Å². The summed E-state index contributed by atoms with van der Waals surface area (Å²) in [7, 11) is 3.22. The largest absolute Gasteiger partial charge is 0.313 e. The van der Waals surface area contributed by atoms with Crippen LogP contribution in [0.5, 0.6) is 0 Å². The first kappa shape index (κ1) is 11.0. The van der Waals surface area contributed by atoms with Gasteiger partial charge in [0.15, 0.2) is 0 Å². The first-order chi connectivity index (χ1) is 6.34. The van der Waals surface area contributed by atoms with Gasteiger partial charge < -0.3 is 5.32 Å². The molecule has 0 aromatic carbocycles. The predicted molar refractivity (Wildman–Crippen MR) is 65.7 cm³/mol. The van der Waals surface area contributed by atoms with Crippen molar-refractivity contribution >= 4 is 16.4 Å². The zero-order chi connectivity index (χ0) is 9.52. The summed E-state index contributed by atoms with van der Waals surface area (Å²) in [5.41, 5.74) is 2.99. The molecule has 0 radical (unpaired) electrons. The average molecular weight is 195 g/mol.